The van der Waals surface area contributed by atoms with Gasteiger partial charge in [0.15, 0.2) is 0 Å². The SMILES string of the molecule is CC1=CC=C(C(C)C)C(O)CC(CO)=CCCC(C)=CCC1. The molecule has 1 aliphatic carbocycles. The Kier molecular flexibility index (Phi) is 8.44. The molecule has 0 saturated carbocycles. The van der Waals surface area contributed by atoms with Gasteiger partial charge in [0, 0.05) is 6.42 Å². The lowest BCUT2D eigenvalue weighted by Crippen LogP contribution is -2.16. The third-order valence-electron chi connectivity index (χ3n) is 4.27. The number of allylic oxidation sites excluding steroid dienone is 6. The summed E-state index contributed by atoms with van der Waals surface area (Å²) >= 11 is 0. The molecule has 2 N–H and O–H groups in total. The standard InChI is InChI=1S/C20H32O2/c1-15(2)19-12-11-17(4)8-5-7-16(3)9-6-10-18(14-21)13-20(19)22/h7,10-12,15,20-22H,5-6,8-9,13-14H2,1-4H3. The topological polar surface area (TPSA) is 40.5 Å². The van der Waals surface area contributed by atoms with Crippen LogP contribution in [0.15, 0.2) is 46.6 Å². The van der Waals surface area contributed by atoms with Crippen molar-refractivity contribution in [2.45, 2.75) is 65.9 Å². The number of aliphatic hydroxyl groups excluding tert-OH is 2. The van der Waals surface area contributed by atoms with Crippen molar-refractivity contribution in [3.63, 3.8) is 0 Å². The molecule has 2 nitrogen and oxygen atoms in total. The Morgan fingerprint density at radius 3 is 2.32 bits per heavy atom. The molecule has 0 aliphatic heterocycles. The molecule has 0 saturated heterocycles. The van der Waals surface area contributed by atoms with Crippen LogP contribution in [0.1, 0.15) is 59.8 Å². The Morgan fingerprint density at radius 2 is 1.68 bits per heavy atom. The smallest absolute Gasteiger partial charge is 0.0793 e. The van der Waals surface area contributed by atoms with Gasteiger partial charge >= 0.3 is 0 Å². The van der Waals surface area contributed by atoms with Crippen LogP contribution in [0.25, 0.3) is 0 Å². The van der Waals surface area contributed by atoms with Crippen molar-refractivity contribution in [2.24, 2.45) is 5.92 Å². The molecule has 0 bridgehead atoms. The maximum atomic E-state index is 10.5. The fourth-order valence-electron chi connectivity index (χ4n) is 2.74. The second kappa shape index (κ2) is 9.81. The van der Waals surface area contributed by atoms with Crippen LogP contribution in [0.2, 0.25) is 0 Å². The lowest BCUT2D eigenvalue weighted by molar-refractivity contribution is 0.193. The first kappa shape index (κ1) is 18.9. The Balaban J connectivity index is 3.05. The Hall–Kier alpha value is -1.12. The van der Waals surface area contributed by atoms with Crippen LogP contribution in [-0.4, -0.2) is 22.9 Å². The molecule has 2 heteroatoms. The van der Waals surface area contributed by atoms with Crippen LogP contribution in [0.3, 0.4) is 0 Å². The van der Waals surface area contributed by atoms with E-state index in [1.807, 2.05) is 0 Å². The average Bonchev–Trinajstić information content (AvgIpc) is 2.45. The summed E-state index contributed by atoms with van der Waals surface area (Å²) in [6.45, 7) is 8.56. The van der Waals surface area contributed by atoms with Crippen LogP contribution in [-0.2, 0) is 0 Å². The fraction of sp³-hybridized carbons (Fsp3) is 0.600. The van der Waals surface area contributed by atoms with E-state index in [2.05, 4.69) is 52.0 Å². The molecule has 0 aromatic rings. The lowest BCUT2D eigenvalue weighted by Gasteiger charge is -2.19. The molecule has 124 valence electrons. The first-order valence-electron chi connectivity index (χ1n) is 8.43. The van der Waals surface area contributed by atoms with E-state index in [1.54, 1.807) is 0 Å². The first-order chi connectivity index (χ1) is 10.4. The normalized spacial score (nSPS) is 22.4. The minimum Gasteiger partial charge on any atom is -0.392 e. The Labute approximate surface area is 135 Å². The third kappa shape index (κ3) is 6.76. The Bertz CT molecular complexity index is 464. The van der Waals surface area contributed by atoms with Crippen molar-refractivity contribution in [1.82, 2.24) is 0 Å². The van der Waals surface area contributed by atoms with Gasteiger partial charge in [-0.05, 0) is 56.6 Å². The van der Waals surface area contributed by atoms with Gasteiger partial charge in [0.1, 0.15) is 0 Å². The predicted octanol–water partition coefficient (Wildman–Crippen LogP) is 4.71. The van der Waals surface area contributed by atoms with Gasteiger partial charge < -0.3 is 10.2 Å². The largest absolute Gasteiger partial charge is 0.392 e. The van der Waals surface area contributed by atoms with Crippen LogP contribution < -0.4 is 0 Å². The number of aliphatic hydroxyl groups is 2. The van der Waals surface area contributed by atoms with Gasteiger partial charge in [0.25, 0.3) is 0 Å². The zero-order chi connectivity index (χ0) is 16.5. The number of hydrogen-bond acceptors (Lipinski definition) is 2. The van der Waals surface area contributed by atoms with Gasteiger partial charge in [0.2, 0.25) is 0 Å². The molecule has 0 fully saturated rings. The summed E-state index contributed by atoms with van der Waals surface area (Å²) in [7, 11) is 0. The van der Waals surface area contributed by atoms with Crippen LogP contribution in [0.4, 0.5) is 0 Å². The molecule has 0 spiro atoms. The van der Waals surface area contributed by atoms with E-state index in [9.17, 15) is 10.2 Å². The van der Waals surface area contributed by atoms with E-state index in [0.29, 0.717) is 12.3 Å². The third-order valence-corrected chi connectivity index (χ3v) is 4.27. The minimum absolute atomic E-state index is 0.0278. The Morgan fingerprint density at radius 1 is 1.05 bits per heavy atom. The number of hydrogen-bond donors (Lipinski definition) is 2. The lowest BCUT2D eigenvalue weighted by atomic mass is 9.91. The molecule has 0 radical (unpaired) electrons. The highest BCUT2D eigenvalue weighted by atomic mass is 16.3. The zero-order valence-electron chi connectivity index (χ0n) is 14.6. The van der Waals surface area contributed by atoms with Crippen molar-refractivity contribution < 1.29 is 10.2 Å². The van der Waals surface area contributed by atoms with Crippen molar-refractivity contribution in [3.8, 4) is 0 Å². The molecule has 0 heterocycles. The molecule has 0 amide bonds. The monoisotopic (exact) mass is 304 g/mol. The van der Waals surface area contributed by atoms with E-state index in [4.69, 9.17) is 0 Å². The summed E-state index contributed by atoms with van der Waals surface area (Å²) in [5.74, 6) is 0.300. The minimum atomic E-state index is -0.512. The molecule has 0 aromatic carbocycles. The molecule has 1 unspecified atom stereocenters. The fourth-order valence-corrected chi connectivity index (χ4v) is 2.74. The van der Waals surface area contributed by atoms with Gasteiger partial charge in [-0.25, -0.2) is 0 Å². The summed E-state index contributed by atoms with van der Waals surface area (Å²) in [4.78, 5) is 0. The van der Waals surface area contributed by atoms with Crippen LogP contribution in [0, 0.1) is 5.92 Å². The van der Waals surface area contributed by atoms with E-state index < -0.39 is 6.10 Å². The highest BCUT2D eigenvalue weighted by Gasteiger charge is 2.15. The molecule has 0 aromatic heterocycles. The maximum absolute atomic E-state index is 10.5. The molecule has 1 aliphatic rings. The molecule has 1 atom stereocenters. The van der Waals surface area contributed by atoms with Crippen molar-refractivity contribution >= 4 is 0 Å². The highest BCUT2D eigenvalue weighted by molar-refractivity contribution is 5.23. The van der Waals surface area contributed by atoms with Gasteiger partial charge in [-0.1, -0.05) is 49.3 Å². The maximum Gasteiger partial charge on any atom is 0.0793 e. The van der Waals surface area contributed by atoms with Gasteiger partial charge in [-0.2, -0.15) is 0 Å². The summed E-state index contributed by atoms with van der Waals surface area (Å²) in [6, 6.07) is 0. The van der Waals surface area contributed by atoms with Crippen molar-refractivity contribution in [2.75, 3.05) is 6.61 Å². The average molecular weight is 304 g/mol. The van der Waals surface area contributed by atoms with E-state index in [0.717, 1.165) is 36.8 Å². The quantitative estimate of drug-likeness (QED) is 0.726. The molecule has 22 heavy (non-hydrogen) atoms. The second-order valence-corrected chi connectivity index (χ2v) is 6.70. The molecular formula is C20H32O2. The predicted molar refractivity (Wildman–Crippen MR) is 94.7 cm³/mol. The van der Waals surface area contributed by atoms with Gasteiger partial charge in [0.05, 0.1) is 12.7 Å². The van der Waals surface area contributed by atoms with E-state index in [1.165, 1.54) is 11.1 Å². The van der Waals surface area contributed by atoms with Gasteiger partial charge in [-0.3, -0.25) is 0 Å². The molecular weight excluding hydrogens is 272 g/mol. The summed E-state index contributed by atoms with van der Waals surface area (Å²) in [5.41, 5.74) is 4.72. The van der Waals surface area contributed by atoms with Gasteiger partial charge in [-0.15, -0.1) is 0 Å². The van der Waals surface area contributed by atoms with E-state index >= 15 is 0 Å². The van der Waals surface area contributed by atoms with Crippen molar-refractivity contribution in [1.29, 1.82) is 0 Å². The van der Waals surface area contributed by atoms with Crippen LogP contribution in [0.5, 0.6) is 0 Å². The highest BCUT2D eigenvalue weighted by Crippen LogP contribution is 2.22. The summed E-state index contributed by atoms with van der Waals surface area (Å²) < 4.78 is 0. The second-order valence-electron chi connectivity index (χ2n) is 6.70. The van der Waals surface area contributed by atoms with Crippen molar-refractivity contribution in [3.05, 3.63) is 46.6 Å². The first-order valence-corrected chi connectivity index (χ1v) is 8.43. The number of rotatable bonds is 2. The summed E-state index contributed by atoms with van der Waals surface area (Å²) in [5, 5.41) is 20.0. The van der Waals surface area contributed by atoms with Crippen LogP contribution >= 0.6 is 0 Å². The zero-order valence-corrected chi connectivity index (χ0v) is 14.6. The summed E-state index contributed by atoms with van der Waals surface area (Å²) in [6.07, 6.45) is 12.7. The van der Waals surface area contributed by atoms with E-state index in [-0.39, 0.29) is 6.61 Å². The molecule has 1 rings (SSSR count).